The largest absolute Gasteiger partial charge is 0.470 e. The number of carbonyl (C=O) groups excluding carboxylic acids is 2. The number of nitrogens with zero attached hydrogens (tertiary/aromatic N) is 1. The molecule has 0 aromatic rings. The molecule has 1 amide bonds. The molecule has 0 bridgehead atoms. The molecule has 1 fully saturated rings. The van der Waals surface area contributed by atoms with Crippen LogP contribution >= 0.6 is 0 Å². The van der Waals surface area contributed by atoms with E-state index in [4.69, 9.17) is 16.2 Å². The van der Waals surface area contributed by atoms with Gasteiger partial charge in [-0.25, -0.2) is 0 Å². The van der Waals surface area contributed by atoms with Gasteiger partial charge in [0, 0.05) is 25.6 Å². The van der Waals surface area contributed by atoms with Gasteiger partial charge in [-0.2, -0.15) is 13.2 Å². The molecule has 1 rings (SSSR count). The minimum Gasteiger partial charge on any atom is -0.470 e. The van der Waals surface area contributed by atoms with Gasteiger partial charge in [-0.05, 0) is 12.8 Å². The molecule has 7 nitrogen and oxygen atoms in total. The van der Waals surface area contributed by atoms with Crippen LogP contribution in [0.25, 0.3) is 0 Å². The summed E-state index contributed by atoms with van der Waals surface area (Å²) in [6.45, 7) is -0.0150. The van der Waals surface area contributed by atoms with Crippen LogP contribution in [-0.2, 0) is 14.3 Å². The number of aliphatic imine (C=N–C) groups is 1. The zero-order valence-corrected chi connectivity index (χ0v) is 12.5. The third-order valence-corrected chi connectivity index (χ3v) is 3.30. The first kappa shape index (κ1) is 18.9. The number of rotatable bonds is 6. The van der Waals surface area contributed by atoms with Crippen LogP contribution in [0.4, 0.5) is 13.2 Å². The predicted octanol–water partition coefficient (Wildman–Crippen LogP) is -0.141. The monoisotopic (exact) mass is 336 g/mol. The fourth-order valence-electron chi connectivity index (χ4n) is 1.95. The van der Waals surface area contributed by atoms with Gasteiger partial charge in [-0.3, -0.25) is 14.6 Å². The Hall–Kier alpha value is -2.10. The van der Waals surface area contributed by atoms with Gasteiger partial charge in [0.2, 0.25) is 11.8 Å². The molecule has 5 N–H and O–H groups in total. The lowest BCUT2D eigenvalue weighted by atomic mass is 9.97. The molecule has 23 heavy (non-hydrogen) atoms. The Balaban J connectivity index is 2.52. The summed E-state index contributed by atoms with van der Waals surface area (Å²) >= 11 is 0. The lowest BCUT2D eigenvalue weighted by Gasteiger charge is -2.14. The zero-order valence-electron chi connectivity index (χ0n) is 12.5. The molecular weight excluding hydrogens is 317 g/mol. The number of alkyl halides is 3. The summed E-state index contributed by atoms with van der Waals surface area (Å²) in [4.78, 5) is 26.7. The van der Waals surface area contributed by atoms with E-state index in [0.717, 1.165) is 0 Å². The van der Waals surface area contributed by atoms with E-state index in [0.29, 0.717) is 19.0 Å². The number of Topliss-reactive ketones (excluding diaryl/α,β-unsaturated/α-hetero) is 1. The smallest absolute Gasteiger partial charge is 0.430 e. The highest BCUT2D eigenvalue weighted by Crippen LogP contribution is 2.21. The second-order valence-electron chi connectivity index (χ2n) is 5.03. The molecule has 2 atom stereocenters. The molecule has 1 saturated heterocycles. The minimum absolute atomic E-state index is 0.160. The maximum absolute atomic E-state index is 12.3. The molecule has 130 valence electrons. The molecule has 0 spiro atoms. The molecule has 0 radical (unpaired) electrons. The first-order chi connectivity index (χ1) is 10.6. The van der Waals surface area contributed by atoms with E-state index in [9.17, 15) is 22.8 Å². The fraction of sp³-hybridized carbons (Fsp3) is 0.615. The number of carbonyl (C=O) groups is 2. The van der Waals surface area contributed by atoms with E-state index >= 15 is 0 Å². The molecule has 1 aliphatic heterocycles. The summed E-state index contributed by atoms with van der Waals surface area (Å²) in [5, 5.41) is 2.62. The van der Waals surface area contributed by atoms with Gasteiger partial charge < -0.3 is 21.5 Å². The summed E-state index contributed by atoms with van der Waals surface area (Å²) < 4.78 is 41.8. The fourth-order valence-corrected chi connectivity index (χ4v) is 1.95. The van der Waals surface area contributed by atoms with Crippen molar-refractivity contribution in [3.63, 3.8) is 0 Å². The number of halogens is 3. The SMILES string of the molecule is CN=C(/C=C(\N)C(F)(F)F)OCC(=O)[C@@H](N)C[C@@H]1CCNC1=O. The lowest BCUT2D eigenvalue weighted by molar-refractivity contribution is -0.124. The summed E-state index contributed by atoms with van der Waals surface area (Å²) in [7, 11) is 1.20. The first-order valence-electron chi connectivity index (χ1n) is 6.85. The number of amides is 1. The number of nitrogens with one attached hydrogen (secondary N) is 1. The van der Waals surface area contributed by atoms with Gasteiger partial charge in [-0.1, -0.05) is 0 Å². The topological polar surface area (TPSA) is 120 Å². The van der Waals surface area contributed by atoms with Crippen molar-refractivity contribution in [3.8, 4) is 0 Å². The van der Waals surface area contributed by atoms with Gasteiger partial charge in [0.05, 0.1) is 6.04 Å². The molecule has 1 aliphatic rings. The molecule has 0 aromatic heterocycles. The Labute approximate surface area is 130 Å². The quantitative estimate of drug-likeness (QED) is 0.461. The Kier molecular flexibility index (Phi) is 6.55. The van der Waals surface area contributed by atoms with Crippen LogP contribution in [-0.4, -0.2) is 50.0 Å². The van der Waals surface area contributed by atoms with Crippen LogP contribution in [0.1, 0.15) is 12.8 Å². The number of hydrogen-bond donors (Lipinski definition) is 3. The van der Waals surface area contributed by atoms with E-state index in [-0.39, 0.29) is 18.2 Å². The van der Waals surface area contributed by atoms with E-state index in [2.05, 4.69) is 10.3 Å². The zero-order chi connectivity index (χ0) is 17.6. The van der Waals surface area contributed by atoms with Crippen LogP contribution in [0.2, 0.25) is 0 Å². The lowest BCUT2D eigenvalue weighted by Crippen LogP contribution is -2.37. The van der Waals surface area contributed by atoms with Crippen LogP contribution < -0.4 is 16.8 Å². The van der Waals surface area contributed by atoms with E-state index in [1.54, 1.807) is 0 Å². The molecule has 0 unspecified atom stereocenters. The average Bonchev–Trinajstić information content (AvgIpc) is 2.86. The maximum Gasteiger partial charge on any atom is 0.430 e. The number of allylic oxidation sites excluding steroid dienone is 1. The average molecular weight is 336 g/mol. The van der Waals surface area contributed by atoms with Gasteiger partial charge in [0.1, 0.15) is 12.3 Å². The second kappa shape index (κ2) is 7.95. The first-order valence-corrected chi connectivity index (χ1v) is 6.85. The van der Waals surface area contributed by atoms with Gasteiger partial charge >= 0.3 is 6.18 Å². The van der Waals surface area contributed by atoms with E-state index in [1.807, 2.05) is 0 Å². The van der Waals surface area contributed by atoms with Crippen molar-refractivity contribution in [3.05, 3.63) is 11.8 Å². The number of ether oxygens (including phenoxy) is 1. The Morgan fingerprint density at radius 3 is 2.70 bits per heavy atom. The van der Waals surface area contributed by atoms with Crippen molar-refractivity contribution in [2.24, 2.45) is 22.4 Å². The maximum atomic E-state index is 12.3. The number of hydrogen-bond acceptors (Lipinski definition) is 6. The van der Waals surface area contributed by atoms with Crippen LogP contribution in [0.15, 0.2) is 16.8 Å². The van der Waals surface area contributed by atoms with Crippen molar-refractivity contribution >= 4 is 17.6 Å². The summed E-state index contributed by atoms with van der Waals surface area (Å²) in [6.07, 6.45) is -3.47. The Bertz CT molecular complexity index is 517. The standard InChI is InChI=1S/C13H19F3N4O3/c1-19-11(5-10(18)13(14,15)16)23-6-9(21)8(17)4-7-2-3-20-12(7)22/h5,7-8H,2-4,6,17-18H2,1H3,(H,20,22)/b10-5-,19-11?/t7-,8-/m0/s1. The number of nitrogens with two attached hydrogens (primary N) is 2. The summed E-state index contributed by atoms with van der Waals surface area (Å²) in [5.74, 6) is -1.47. The van der Waals surface area contributed by atoms with Gasteiger partial charge in [-0.15, -0.1) is 0 Å². The second-order valence-corrected chi connectivity index (χ2v) is 5.03. The van der Waals surface area contributed by atoms with Crippen molar-refractivity contribution in [1.29, 1.82) is 0 Å². The summed E-state index contributed by atoms with van der Waals surface area (Å²) in [5.41, 5.74) is 9.14. The van der Waals surface area contributed by atoms with Crippen molar-refractivity contribution in [1.82, 2.24) is 5.32 Å². The third-order valence-electron chi connectivity index (χ3n) is 3.30. The predicted molar refractivity (Wildman–Crippen MR) is 76.4 cm³/mol. The molecule has 10 heteroatoms. The highest BCUT2D eigenvalue weighted by Gasteiger charge is 2.32. The van der Waals surface area contributed by atoms with E-state index < -0.39 is 36.2 Å². The third kappa shape index (κ3) is 5.89. The Morgan fingerprint density at radius 2 is 2.22 bits per heavy atom. The van der Waals surface area contributed by atoms with Crippen molar-refractivity contribution in [2.45, 2.75) is 25.1 Å². The van der Waals surface area contributed by atoms with Crippen molar-refractivity contribution in [2.75, 3.05) is 20.2 Å². The van der Waals surface area contributed by atoms with Crippen molar-refractivity contribution < 1.29 is 27.5 Å². The Morgan fingerprint density at radius 1 is 1.57 bits per heavy atom. The molecule has 0 aliphatic carbocycles. The van der Waals surface area contributed by atoms with E-state index in [1.165, 1.54) is 7.05 Å². The van der Waals surface area contributed by atoms with Crippen LogP contribution in [0.3, 0.4) is 0 Å². The highest BCUT2D eigenvalue weighted by molar-refractivity contribution is 5.92. The normalized spacial score (nSPS) is 21.1. The molecule has 1 heterocycles. The summed E-state index contributed by atoms with van der Waals surface area (Å²) in [6, 6.07) is -0.939. The van der Waals surface area contributed by atoms with Gasteiger partial charge in [0.25, 0.3) is 0 Å². The number of ketones is 1. The van der Waals surface area contributed by atoms with Crippen LogP contribution in [0, 0.1) is 5.92 Å². The molecule has 0 saturated carbocycles. The minimum atomic E-state index is -4.71. The molecule has 0 aromatic carbocycles. The van der Waals surface area contributed by atoms with Crippen LogP contribution in [0.5, 0.6) is 0 Å². The van der Waals surface area contributed by atoms with Gasteiger partial charge in [0.15, 0.2) is 5.78 Å². The molecular formula is C13H19F3N4O3. The highest BCUT2D eigenvalue weighted by atomic mass is 19.4.